The molecule has 0 fully saturated rings. The van der Waals surface area contributed by atoms with E-state index in [4.69, 9.17) is 0 Å². The number of alkyl halides is 5. The van der Waals surface area contributed by atoms with Gasteiger partial charge in [-0.15, -0.1) is 0 Å². The standard InChI is InChI=1S/C31H19F9O/c1-16-2-4-17(5-3-16)18-6-8-23-19(12-18)15-26(33)27(29(23)35)31(39,40)41-21-7-9-22-20(13-21)14-25(32)24(28(22)34)10-11-30(36,37)38/h4,6-9,12-16H,2-3,5H2,1H3. The predicted octanol–water partition coefficient (Wildman–Crippen LogP) is 9.79. The minimum Gasteiger partial charge on any atom is -0.429 e. The minimum atomic E-state index is -5.00. The van der Waals surface area contributed by atoms with Gasteiger partial charge in [0.25, 0.3) is 0 Å². The lowest BCUT2D eigenvalue weighted by Crippen LogP contribution is -2.25. The van der Waals surface area contributed by atoms with Crippen molar-refractivity contribution in [1.82, 2.24) is 0 Å². The summed E-state index contributed by atoms with van der Waals surface area (Å²) in [5.41, 5.74) is -1.07. The molecule has 0 saturated carbocycles. The summed E-state index contributed by atoms with van der Waals surface area (Å²) in [6, 6.07) is 8.19. The molecule has 212 valence electrons. The van der Waals surface area contributed by atoms with Crippen LogP contribution < -0.4 is 4.74 Å². The molecule has 0 N–H and O–H groups in total. The van der Waals surface area contributed by atoms with Crippen molar-refractivity contribution < 1.29 is 44.3 Å². The molecule has 1 atom stereocenters. The number of rotatable bonds is 4. The Hall–Kier alpha value is -4.13. The van der Waals surface area contributed by atoms with Gasteiger partial charge >= 0.3 is 12.3 Å². The van der Waals surface area contributed by atoms with Gasteiger partial charge in [-0.3, -0.25) is 0 Å². The summed E-state index contributed by atoms with van der Waals surface area (Å²) in [6.07, 6.45) is -4.90. The molecule has 41 heavy (non-hydrogen) atoms. The summed E-state index contributed by atoms with van der Waals surface area (Å²) in [5.74, 6) is -4.06. The highest BCUT2D eigenvalue weighted by Gasteiger charge is 2.42. The lowest BCUT2D eigenvalue weighted by Gasteiger charge is -2.21. The molecule has 0 bridgehead atoms. The van der Waals surface area contributed by atoms with Crippen LogP contribution in [0.4, 0.5) is 39.5 Å². The van der Waals surface area contributed by atoms with Gasteiger partial charge in [-0.2, -0.15) is 22.0 Å². The first-order chi connectivity index (χ1) is 19.2. The Labute approximate surface area is 228 Å². The van der Waals surface area contributed by atoms with E-state index in [0.29, 0.717) is 12.0 Å². The second-order valence-electron chi connectivity index (χ2n) is 9.89. The fraction of sp³-hybridized carbons (Fsp3) is 0.226. The van der Waals surface area contributed by atoms with E-state index >= 15 is 13.2 Å². The number of benzene rings is 4. The summed E-state index contributed by atoms with van der Waals surface area (Å²) < 4.78 is 131. The van der Waals surface area contributed by atoms with Gasteiger partial charge in [-0.1, -0.05) is 31.1 Å². The van der Waals surface area contributed by atoms with Crippen molar-refractivity contribution in [3.63, 3.8) is 0 Å². The maximum Gasteiger partial charge on any atom is 0.458 e. The topological polar surface area (TPSA) is 9.23 Å². The molecule has 0 spiro atoms. The van der Waals surface area contributed by atoms with E-state index in [1.807, 2.05) is 0 Å². The SMILES string of the molecule is CC1CC=C(c2ccc3c(F)c(C(F)(F)Oc4ccc5c(F)c(C#CC(F)(F)F)c(F)cc5c4)c(F)cc3c2)CC1. The molecular formula is C31H19F9O. The first-order valence-corrected chi connectivity index (χ1v) is 12.4. The maximum atomic E-state index is 15.3. The van der Waals surface area contributed by atoms with E-state index in [9.17, 15) is 26.3 Å². The Balaban J connectivity index is 1.48. The molecule has 0 radical (unpaired) electrons. The highest BCUT2D eigenvalue weighted by atomic mass is 19.4. The molecule has 0 aliphatic heterocycles. The molecule has 10 heteroatoms. The Morgan fingerprint density at radius 3 is 2.15 bits per heavy atom. The Bertz CT molecular complexity index is 1770. The smallest absolute Gasteiger partial charge is 0.429 e. The van der Waals surface area contributed by atoms with Gasteiger partial charge in [0.2, 0.25) is 0 Å². The van der Waals surface area contributed by atoms with Crippen molar-refractivity contribution in [1.29, 1.82) is 0 Å². The van der Waals surface area contributed by atoms with Crippen LogP contribution in [-0.2, 0) is 6.11 Å². The van der Waals surface area contributed by atoms with E-state index in [1.165, 1.54) is 18.1 Å². The molecule has 0 saturated heterocycles. The zero-order valence-electron chi connectivity index (χ0n) is 21.2. The molecule has 0 amide bonds. The van der Waals surface area contributed by atoms with Gasteiger partial charge in [0.15, 0.2) is 0 Å². The third-order valence-electron chi connectivity index (χ3n) is 6.94. The van der Waals surface area contributed by atoms with Crippen LogP contribution >= 0.6 is 0 Å². The third kappa shape index (κ3) is 5.71. The second-order valence-corrected chi connectivity index (χ2v) is 9.89. The third-order valence-corrected chi connectivity index (χ3v) is 6.94. The normalized spacial score (nSPS) is 16.0. The Kier molecular flexibility index (Phi) is 7.18. The van der Waals surface area contributed by atoms with Gasteiger partial charge < -0.3 is 4.74 Å². The van der Waals surface area contributed by atoms with E-state index < -0.39 is 57.8 Å². The number of fused-ring (bicyclic) bond motifs is 2. The first kappa shape index (κ1) is 28.4. The van der Waals surface area contributed by atoms with Crippen LogP contribution in [0.1, 0.15) is 42.9 Å². The van der Waals surface area contributed by atoms with Gasteiger partial charge in [-0.25, -0.2) is 17.6 Å². The van der Waals surface area contributed by atoms with Crippen molar-refractivity contribution in [3.05, 3.63) is 94.6 Å². The van der Waals surface area contributed by atoms with E-state index in [-0.39, 0.29) is 16.2 Å². The number of halogens is 9. The molecule has 1 nitrogen and oxygen atoms in total. The van der Waals surface area contributed by atoms with Crippen LogP contribution in [0.2, 0.25) is 0 Å². The molecule has 0 aromatic heterocycles. The average Bonchev–Trinajstić information content (AvgIpc) is 2.87. The predicted molar refractivity (Wildman–Crippen MR) is 136 cm³/mol. The van der Waals surface area contributed by atoms with Crippen LogP contribution in [0, 0.1) is 41.0 Å². The summed E-state index contributed by atoms with van der Waals surface area (Å²) in [6.45, 7) is 2.12. The van der Waals surface area contributed by atoms with Crippen LogP contribution in [0.15, 0.2) is 54.6 Å². The quantitative estimate of drug-likeness (QED) is 0.173. The molecule has 1 aliphatic carbocycles. The molecule has 5 rings (SSSR count). The number of ether oxygens (including phenoxy) is 1. The lowest BCUT2D eigenvalue weighted by molar-refractivity contribution is -0.189. The zero-order valence-corrected chi connectivity index (χ0v) is 21.2. The van der Waals surface area contributed by atoms with E-state index in [2.05, 4.69) is 17.7 Å². The summed E-state index contributed by atoms with van der Waals surface area (Å²) in [4.78, 5) is 0. The van der Waals surface area contributed by atoms with Crippen LogP contribution in [0.25, 0.3) is 27.1 Å². The van der Waals surface area contributed by atoms with Crippen molar-refractivity contribution in [2.24, 2.45) is 5.92 Å². The number of hydrogen-bond donors (Lipinski definition) is 0. The van der Waals surface area contributed by atoms with E-state index in [0.717, 1.165) is 60.6 Å². The van der Waals surface area contributed by atoms with Crippen LogP contribution in [-0.4, -0.2) is 6.18 Å². The summed E-state index contributed by atoms with van der Waals surface area (Å²) in [7, 11) is 0. The highest BCUT2D eigenvalue weighted by Crippen LogP contribution is 2.40. The Morgan fingerprint density at radius 2 is 1.46 bits per heavy atom. The number of hydrogen-bond acceptors (Lipinski definition) is 1. The number of allylic oxidation sites excluding steroid dienone is 2. The maximum absolute atomic E-state index is 15.3. The van der Waals surface area contributed by atoms with Crippen molar-refractivity contribution in [2.45, 2.75) is 38.5 Å². The Morgan fingerprint density at radius 1 is 0.805 bits per heavy atom. The molecule has 1 unspecified atom stereocenters. The zero-order chi connectivity index (χ0) is 29.7. The van der Waals surface area contributed by atoms with Gasteiger partial charge in [0.05, 0.1) is 5.56 Å². The van der Waals surface area contributed by atoms with Gasteiger partial charge in [0, 0.05) is 16.7 Å². The minimum absolute atomic E-state index is 0.0812. The second kappa shape index (κ2) is 10.4. The van der Waals surface area contributed by atoms with Crippen molar-refractivity contribution in [3.8, 4) is 17.6 Å². The molecule has 4 aromatic rings. The molecule has 4 aromatic carbocycles. The summed E-state index contributed by atoms with van der Waals surface area (Å²) in [5, 5.41) is -0.967. The van der Waals surface area contributed by atoms with Crippen molar-refractivity contribution in [2.75, 3.05) is 0 Å². The van der Waals surface area contributed by atoms with Crippen molar-refractivity contribution >= 4 is 27.1 Å². The fourth-order valence-corrected chi connectivity index (χ4v) is 4.84. The molecule has 0 heterocycles. The average molecular weight is 578 g/mol. The molecule has 1 aliphatic rings. The summed E-state index contributed by atoms with van der Waals surface area (Å²) >= 11 is 0. The van der Waals surface area contributed by atoms with Gasteiger partial charge in [0.1, 0.15) is 34.6 Å². The van der Waals surface area contributed by atoms with Gasteiger partial charge in [-0.05, 0) is 83.5 Å². The molecular weight excluding hydrogens is 559 g/mol. The van der Waals surface area contributed by atoms with Crippen LogP contribution in [0.5, 0.6) is 5.75 Å². The van der Waals surface area contributed by atoms with Crippen LogP contribution in [0.3, 0.4) is 0 Å². The largest absolute Gasteiger partial charge is 0.458 e. The monoisotopic (exact) mass is 578 g/mol. The highest BCUT2D eigenvalue weighted by molar-refractivity contribution is 5.88. The first-order valence-electron chi connectivity index (χ1n) is 12.4. The van der Waals surface area contributed by atoms with E-state index in [1.54, 1.807) is 6.07 Å². The fourth-order valence-electron chi connectivity index (χ4n) is 4.84. The lowest BCUT2D eigenvalue weighted by atomic mass is 9.87.